The van der Waals surface area contributed by atoms with Gasteiger partial charge in [0.1, 0.15) is 12.2 Å². The molecule has 4 heteroatoms. The van der Waals surface area contributed by atoms with Gasteiger partial charge in [-0.1, -0.05) is 0 Å². The second-order valence-corrected chi connectivity index (χ2v) is 1.44. The maximum atomic E-state index is 9.97. The van der Waals surface area contributed by atoms with Crippen LogP contribution in [0.15, 0.2) is 11.5 Å². The fourth-order valence-corrected chi connectivity index (χ4v) is 0.395. The maximum Gasteiger partial charge on any atom is 0.340 e. The molecule has 1 aliphatic heterocycles. The van der Waals surface area contributed by atoms with Gasteiger partial charge in [-0.05, 0) is 0 Å². The van der Waals surface area contributed by atoms with E-state index in [1.54, 1.807) is 0 Å². The molecule has 0 atom stereocenters. The van der Waals surface area contributed by atoms with E-state index >= 15 is 0 Å². The van der Waals surface area contributed by atoms with Gasteiger partial charge in [-0.2, -0.15) is 0 Å². The molecule has 0 radical (unpaired) electrons. The molecule has 0 bridgehead atoms. The van der Waals surface area contributed by atoms with Crippen molar-refractivity contribution in [3.05, 3.63) is 11.5 Å². The van der Waals surface area contributed by atoms with E-state index in [0.29, 0.717) is 0 Å². The SMILES string of the molecule is NC1=C(C(=O)O)CO1. The van der Waals surface area contributed by atoms with E-state index in [0.717, 1.165) is 0 Å². The molecule has 1 heterocycles. The Balaban J connectivity index is 2.74. The molecule has 8 heavy (non-hydrogen) atoms. The highest BCUT2D eigenvalue weighted by Gasteiger charge is 2.22. The zero-order valence-corrected chi connectivity index (χ0v) is 4.05. The molecule has 0 aromatic rings. The van der Waals surface area contributed by atoms with Crippen LogP contribution in [0.5, 0.6) is 0 Å². The minimum atomic E-state index is -0.992. The lowest BCUT2D eigenvalue weighted by atomic mass is 10.2. The van der Waals surface area contributed by atoms with E-state index in [1.807, 2.05) is 0 Å². The lowest BCUT2D eigenvalue weighted by Crippen LogP contribution is -2.25. The molecule has 0 saturated carbocycles. The van der Waals surface area contributed by atoms with Gasteiger partial charge in [0.2, 0.25) is 0 Å². The van der Waals surface area contributed by atoms with Gasteiger partial charge < -0.3 is 15.6 Å². The van der Waals surface area contributed by atoms with Crippen LogP contribution in [-0.2, 0) is 9.53 Å². The van der Waals surface area contributed by atoms with Crippen LogP contribution < -0.4 is 5.73 Å². The van der Waals surface area contributed by atoms with Gasteiger partial charge in [0.15, 0.2) is 5.88 Å². The highest BCUT2D eigenvalue weighted by Crippen LogP contribution is 2.12. The zero-order chi connectivity index (χ0) is 6.15. The first-order chi connectivity index (χ1) is 3.72. The predicted octanol–water partition coefficient (Wildman–Crippen LogP) is -0.728. The summed E-state index contributed by atoms with van der Waals surface area (Å²) in [6.45, 7) is 0.140. The Hall–Kier alpha value is -1.19. The number of rotatable bonds is 1. The summed E-state index contributed by atoms with van der Waals surface area (Å²) in [7, 11) is 0. The first-order valence-electron chi connectivity index (χ1n) is 2.06. The summed E-state index contributed by atoms with van der Waals surface area (Å²) in [6, 6.07) is 0. The van der Waals surface area contributed by atoms with Crippen LogP contribution in [0.25, 0.3) is 0 Å². The number of carbonyl (C=O) groups is 1. The molecular weight excluding hydrogens is 110 g/mol. The van der Waals surface area contributed by atoms with E-state index < -0.39 is 5.97 Å². The smallest absolute Gasteiger partial charge is 0.340 e. The Morgan fingerprint density at radius 2 is 2.50 bits per heavy atom. The van der Waals surface area contributed by atoms with E-state index in [4.69, 9.17) is 10.8 Å². The predicted molar refractivity (Wildman–Crippen MR) is 24.8 cm³/mol. The van der Waals surface area contributed by atoms with E-state index in [1.165, 1.54) is 0 Å². The second-order valence-electron chi connectivity index (χ2n) is 1.44. The molecule has 3 N–H and O–H groups in total. The van der Waals surface area contributed by atoms with Crippen molar-refractivity contribution in [2.75, 3.05) is 6.61 Å². The maximum absolute atomic E-state index is 9.97. The molecule has 0 aromatic heterocycles. The van der Waals surface area contributed by atoms with Crippen molar-refractivity contribution in [1.29, 1.82) is 0 Å². The fraction of sp³-hybridized carbons (Fsp3) is 0.250. The Kier molecular flexibility index (Phi) is 0.865. The minimum absolute atomic E-state index is 0.0394. The quantitative estimate of drug-likeness (QED) is 0.472. The van der Waals surface area contributed by atoms with Crippen molar-refractivity contribution in [1.82, 2.24) is 0 Å². The molecule has 1 aliphatic rings. The van der Waals surface area contributed by atoms with Crippen molar-refractivity contribution < 1.29 is 14.6 Å². The lowest BCUT2D eigenvalue weighted by Gasteiger charge is -2.16. The zero-order valence-electron chi connectivity index (χ0n) is 4.05. The average Bonchev–Trinajstić information content (AvgIpc) is 1.61. The van der Waals surface area contributed by atoms with Crippen molar-refractivity contribution in [2.45, 2.75) is 0 Å². The molecule has 0 amide bonds. The van der Waals surface area contributed by atoms with Crippen LogP contribution in [0.2, 0.25) is 0 Å². The summed E-state index contributed by atoms with van der Waals surface area (Å²) in [4.78, 5) is 9.97. The van der Waals surface area contributed by atoms with Crippen molar-refractivity contribution in [3.8, 4) is 0 Å². The summed E-state index contributed by atoms with van der Waals surface area (Å²) >= 11 is 0. The number of aliphatic carboxylic acids is 1. The van der Waals surface area contributed by atoms with Gasteiger partial charge in [0.25, 0.3) is 0 Å². The number of carboxylic acid groups (broad SMARTS) is 1. The Bertz CT molecular complexity index is 161. The first-order valence-corrected chi connectivity index (χ1v) is 2.06. The Morgan fingerprint density at radius 3 is 2.50 bits per heavy atom. The number of nitrogens with two attached hydrogens (primary N) is 1. The monoisotopic (exact) mass is 115 g/mol. The molecule has 1 rings (SSSR count). The van der Waals surface area contributed by atoms with E-state index in [9.17, 15) is 4.79 Å². The van der Waals surface area contributed by atoms with E-state index in [2.05, 4.69) is 4.74 Å². The van der Waals surface area contributed by atoms with Crippen LogP contribution in [0.3, 0.4) is 0 Å². The van der Waals surface area contributed by atoms with Gasteiger partial charge in [-0.3, -0.25) is 0 Å². The largest absolute Gasteiger partial charge is 0.478 e. The first kappa shape index (κ1) is 4.96. The van der Waals surface area contributed by atoms with Crippen LogP contribution in [-0.4, -0.2) is 17.7 Å². The molecule has 0 aromatic carbocycles. The second kappa shape index (κ2) is 1.40. The lowest BCUT2D eigenvalue weighted by molar-refractivity contribution is -0.134. The molecule has 0 spiro atoms. The van der Waals surface area contributed by atoms with Crippen LogP contribution >= 0.6 is 0 Å². The topological polar surface area (TPSA) is 72.6 Å². The fourth-order valence-electron chi connectivity index (χ4n) is 0.395. The van der Waals surface area contributed by atoms with Crippen LogP contribution in [0.4, 0.5) is 0 Å². The Labute approximate surface area is 45.5 Å². The summed E-state index contributed by atoms with van der Waals surface area (Å²) in [5, 5.41) is 8.19. The number of hydrogen-bond acceptors (Lipinski definition) is 3. The molecule has 0 aliphatic carbocycles. The molecule has 44 valence electrons. The van der Waals surface area contributed by atoms with Gasteiger partial charge in [0, 0.05) is 0 Å². The van der Waals surface area contributed by atoms with Crippen LogP contribution in [0.1, 0.15) is 0 Å². The third-order valence-electron chi connectivity index (χ3n) is 0.928. The summed E-state index contributed by atoms with van der Waals surface area (Å²) in [6.07, 6.45) is 0. The molecule has 0 unspecified atom stereocenters. The standard InChI is InChI=1S/C4H5NO3/c5-3-2(1-8-3)4(6)7/h1,5H2,(H,6,7). The van der Waals surface area contributed by atoms with Crippen molar-refractivity contribution >= 4 is 5.97 Å². The number of hydrogen-bond donors (Lipinski definition) is 2. The van der Waals surface area contributed by atoms with Gasteiger partial charge in [0.05, 0.1) is 0 Å². The van der Waals surface area contributed by atoms with Crippen molar-refractivity contribution in [3.63, 3.8) is 0 Å². The third-order valence-corrected chi connectivity index (χ3v) is 0.928. The normalized spacial score (nSPS) is 17.0. The number of carboxylic acids is 1. The van der Waals surface area contributed by atoms with Crippen molar-refractivity contribution in [2.24, 2.45) is 5.73 Å². The Morgan fingerprint density at radius 1 is 1.88 bits per heavy atom. The summed E-state index contributed by atoms with van der Waals surface area (Å²) in [5.74, 6) is -0.953. The average molecular weight is 115 g/mol. The molecule has 4 nitrogen and oxygen atoms in total. The van der Waals surface area contributed by atoms with Crippen LogP contribution in [0, 0.1) is 0 Å². The van der Waals surface area contributed by atoms with Gasteiger partial charge >= 0.3 is 5.97 Å². The molecular formula is C4H5NO3. The molecule has 0 saturated heterocycles. The highest BCUT2D eigenvalue weighted by atomic mass is 16.5. The van der Waals surface area contributed by atoms with Gasteiger partial charge in [-0.25, -0.2) is 4.79 Å². The highest BCUT2D eigenvalue weighted by molar-refractivity contribution is 5.88. The van der Waals surface area contributed by atoms with E-state index in [-0.39, 0.29) is 18.1 Å². The minimum Gasteiger partial charge on any atom is -0.478 e. The summed E-state index contributed by atoms with van der Waals surface area (Å²) < 4.78 is 4.48. The number of ether oxygens (including phenoxy) is 1. The summed E-state index contributed by atoms with van der Waals surface area (Å²) in [5.41, 5.74) is 5.17. The van der Waals surface area contributed by atoms with Gasteiger partial charge in [-0.15, -0.1) is 0 Å². The third kappa shape index (κ3) is 0.501. The molecule has 0 fully saturated rings.